The van der Waals surface area contributed by atoms with Crippen LogP contribution >= 0.6 is 0 Å². The van der Waals surface area contributed by atoms with E-state index in [0.717, 1.165) is 24.2 Å². The van der Waals surface area contributed by atoms with E-state index in [9.17, 15) is 5.11 Å². The lowest BCUT2D eigenvalue weighted by Gasteiger charge is -2.20. The number of hydrogen-bond donors (Lipinski definition) is 2. The molecule has 0 saturated heterocycles. The van der Waals surface area contributed by atoms with Gasteiger partial charge in [0.25, 0.3) is 0 Å². The highest BCUT2D eigenvalue weighted by Gasteiger charge is 2.15. The molecule has 0 saturated carbocycles. The second kappa shape index (κ2) is 7.21. The van der Waals surface area contributed by atoms with Crippen LogP contribution in [-0.2, 0) is 6.54 Å². The van der Waals surface area contributed by atoms with Gasteiger partial charge in [-0.05, 0) is 18.1 Å². The molecule has 2 aromatic rings. The minimum Gasteiger partial charge on any atom is -0.392 e. The lowest BCUT2D eigenvalue weighted by molar-refractivity contribution is 0.101. The maximum atomic E-state index is 10.1. The Labute approximate surface area is 125 Å². The van der Waals surface area contributed by atoms with Crippen LogP contribution in [0, 0.1) is 17.2 Å². The smallest absolute Gasteiger partial charge is 0.137 e. The first kappa shape index (κ1) is 15.5. The quantitative estimate of drug-likeness (QED) is 0.817. The Hall–Kier alpha value is -1.90. The van der Waals surface area contributed by atoms with Gasteiger partial charge >= 0.3 is 0 Å². The first-order valence-corrected chi connectivity index (χ1v) is 7.44. The summed E-state index contributed by atoms with van der Waals surface area (Å²) in [6.07, 6.45) is 5.24. The Morgan fingerprint density at radius 2 is 2.14 bits per heavy atom. The summed E-state index contributed by atoms with van der Waals surface area (Å²) in [7, 11) is 0. The lowest BCUT2D eigenvalue weighted by atomic mass is 9.96. The molecule has 2 N–H and O–H groups in total. The van der Waals surface area contributed by atoms with E-state index >= 15 is 0 Å². The average molecular weight is 286 g/mol. The van der Waals surface area contributed by atoms with Gasteiger partial charge in [0.05, 0.1) is 23.6 Å². The number of nitriles is 1. The standard InChI is InChI=1S/C16H22N4O/c1-3-13(4-2)15(21)10-18-8-14-9-19-16-6-5-12(7-17)11-20(14)16/h5-6,9,11,13,15,18,21H,3-4,8,10H2,1-2H3. The van der Waals surface area contributed by atoms with Gasteiger partial charge in [-0.25, -0.2) is 4.98 Å². The summed E-state index contributed by atoms with van der Waals surface area (Å²) in [4.78, 5) is 4.31. The maximum Gasteiger partial charge on any atom is 0.137 e. The Balaban J connectivity index is 1.99. The van der Waals surface area contributed by atoms with Crippen molar-refractivity contribution in [1.29, 1.82) is 5.26 Å². The van der Waals surface area contributed by atoms with Crippen molar-refractivity contribution in [3.8, 4) is 6.07 Å². The van der Waals surface area contributed by atoms with E-state index in [0.29, 0.717) is 24.6 Å². The Morgan fingerprint density at radius 1 is 1.38 bits per heavy atom. The summed E-state index contributed by atoms with van der Waals surface area (Å²) >= 11 is 0. The predicted molar refractivity (Wildman–Crippen MR) is 81.7 cm³/mol. The van der Waals surface area contributed by atoms with Gasteiger partial charge in [0.1, 0.15) is 11.7 Å². The second-order valence-electron chi connectivity index (χ2n) is 5.28. The van der Waals surface area contributed by atoms with E-state index in [4.69, 9.17) is 5.26 Å². The van der Waals surface area contributed by atoms with E-state index in [1.165, 1.54) is 0 Å². The van der Waals surface area contributed by atoms with E-state index in [1.807, 2.05) is 10.5 Å². The number of fused-ring (bicyclic) bond motifs is 1. The molecule has 0 aromatic carbocycles. The fraction of sp³-hybridized carbons (Fsp3) is 0.500. The molecule has 0 aliphatic carbocycles. The van der Waals surface area contributed by atoms with E-state index in [1.54, 1.807) is 18.5 Å². The highest BCUT2D eigenvalue weighted by atomic mass is 16.3. The molecule has 0 aliphatic rings. The Kier molecular flexibility index (Phi) is 5.32. The Morgan fingerprint density at radius 3 is 2.81 bits per heavy atom. The SMILES string of the molecule is CCC(CC)C(O)CNCc1cnc2ccc(C#N)cn12. The van der Waals surface area contributed by atoms with Gasteiger partial charge in [0.15, 0.2) is 0 Å². The molecule has 5 nitrogen and oxygen atoms in total. The van der Waals surface area contributed by atoms with Gasteiger partial charge in [-0.1, -0.05) is 26.7 Å². The molecule has 0 bridgehead atoms. The number of nitrogens with zero attached hydrogens (tertiary/aromatic N) is 3. The van der Waals surface area contributed by atoms with Crippen LogP contribution in [0.4, 0.5) is 0 Å². The molecule has 2 aromatic heterocycles. The molecule has 1 unspecified atom stereocenters. The van der Waals surface area contributed by atoms with Gasteiger partial charge in [-0.15, -0.1) is 0 Å². The van der Waals surface area contributed by atoms with Crippen LogP contribution in [0.25, 0.3) is 5.65 Å². The number of aliphatic hydroxyl groups is 1. The summed E-state index contributed by atoms with van der Waals surface area (Å²) in [6.45, 7) is 5.39. The van der Waals surface area contributed by atoms with Crippen LogP contribution in [0.5, 0.6) is 0 Å². The summed E-state index contributed by atoms with van der Waals surface area (Å²) in [5, 5.41) is 22.3. The fourth-order valence-electron chi connectivity index (χ4n) is 2.58. The molecule has 0 spiro atoms. The van der Waals surface area contributed by atoms with E-state index in [2.05, 4.69) is 30.2 Å². The maximum absolute atomic E-state index is 10.1. The second-order valence-corrected chi connectivity index (χ2v) is 5.28. The number of rotatable bonds is 7. The highest BCUT2D eigenvalue weighted by Crippen LogP contribution is 2.13. The van der Waals surface area contributed by atoms with Crippen LogP contribution in [0.15, 0.2) is 24.5 Å². The molecule has 2 heterocycles. The molecule has 0 aliphatic heterocycles. The van der Waals surface area contributed by atoms with Crippen molar-refractivity contribution in [2.24, 2.45) is 5.92 Å². The van der Waals surface area contributed by atoms with Gasteiger partial charge < -0.3 is 14.8 Å². The monoisotopic (exact) mass is 286 g/mol. The van der Waals surface area contributed by atoms with Crippen LogP contribution in [-0.4, -0.2) is 27.1 Å². The van der Waals surface area contributed by atoms with Crippen LogP contribution in [0.2, 0.25) is 0 Å². The Bertz CT molecular complexity index is 625. The van der Waals surface area contributed by atoms with Crippen molar-refractivity contribution >= 4 is 5.65 Å². The van der Waals surface area contributed by atoms with Gasteiger partial charge in [-0.2, -0.15) is 5.26 Å². The minimum atomic E-state index is -0.325. The van der Waals surface area contributed by atoms with Crippen molar-refractivity contribution in [1.82, 2.24) is 14.7 Å². The van der Waals surface area contributed by atoms with Crippen molar-refractivity contribution in [3.05, 3.63) is 35.8 Å². The zero-order valence-electron chi connectivity index (χ0n) is 12.6. The number of imidazole rings is 1. The molecule has 21 heavy (non-hydrogen) atoms. The third-order valence-corrected chi connectivity index (χ3v) is 3.96. The average Bonchev–Trinajstić information content (AvgIpc) is 2.91. The zero-order valence-corrected chi connectivity index (χ0v) is 12.6. The van der Waals surface area contributed by atoms with Crippen LogP contribution < -0.4 is 5.32 Å². The van der Waals surface area contributed by atoms with Crippen molar-refractivity contribution in [3.63, 3.8) is 0 Å². The minimum absolute atomic E-state index is 0.325. The molecular weight excluding hydrogens is 264 g/mol. The summed E-state index contributed by atoms with van der Waals surface area (Å²) < 4.78 is 1.91. The van der Waals surface area contributed by atoms with Crippen molar-refractivity contribution in [2.75, 3.05) is 6.54 Å². The number of aliphatic hydroxyl groups excluding tert-OH is 1. The molecule has 2 rings (SSSR count). The fourth-order valence-corrected chi connectivity index (χ4v) is 2.58. The topological polar surface area (TPSA) is 73.3 Å². The summed E-state index contributed by atoms with van der Waals surface area (Å²) in [5.74, 6) is 0.338. The van der Waals surface area contributed by atoms with E-state index in [-0.39, 0.29) is 6.10 Å². The lowest BCUT2D eigenvalue weighted by Crippen LogP contribution is -2.32. The third-order valence-electron chi connectivity index (χ3n) is 3.96. The molecule has 0 fully saturated rings. The molecule has 1 atom stereocenters. The summed E-state index contributed by atoms with van der Waals surface area (Å²) in [6, 6.07) is 5.73. The van der Waals surface area contributed by atoms with Gasteiger partial charge in [0, 0.05) is 19.3 Å². The van der Waals surface area contributed by atoms with Crippen molar-refractivity contribution in [2.45, 2.75) is 39.3 Å². The first-order valence-electron chi connectivity index (χ1n) is 7.44. The third kappa shape index (κ3) is 3.60. The largest absolute Gasteiger partial charge is 0.392 e. The molecule has 0 amide bonds. The normalized spacial score (nSPS) is 12.7. The first-order chi connectivity index (χ1) is 10.2. The van der Waals surface area contributed by atoms with Gasteiger partial charge in [-0.3, -0.25) is 0 Å². The summed E-state index contributed by atoms with van der Waals surface area (Å²) in [5.41, 5.74) is 2.42. The molecule has 0 radical (unpaired) electrons. The molecular formula is C16H22N4O. The molecule has 112 valence electrons. The zero-order chi connectivity index (χ0) is 15.2. The highest BCUT2D eigenvalue weighted by molar-refractivity contribution is 5.44. The number of hydrogen-bond acceptors (Lipinski definition) is 4. The molecule has 5 heteroatoms. The predicted octanol–water partition coefficient (Wildman–Crippen LogP) is 2.09. The number of nitrogens with one attached hydrogen (secondary N) is 1. The van der Waals surface area contributed by atoms with E-state index < -0.39 is 0 Å². The van der Waals surface area contributed by atoms with Crippen molar-refractivity contribution < 1.29 is 5.11 Å². The van der Waals surface area contributed by atoms with Crippen LogP contribution in [0.1, 0.15) is 37.9 Å². The number of aromatic nitrogens is 2. The number of pyridine rings is 1. The van der Waals surface area contributed by atoms with Gasteiger partial charge in [0.2, 0.25) is 0 Å². The van der Waals surface area contributed by atoms with Crippen LogP contribution in [0.3, 0.4) is 0 Å².